The highest BCUT2D eigenvalue weighted by Crippen LogP contribution is 2.50. The first-order chi connectivity index (χ1) is 6.68. The Hall–Kier alpha value is -0.830. The Morgan fingerprint density at radius 2 is 2.57 bits per heavy atom. The summed E-state index contributed by atoms with van der Waals surface area (Å²) in [6, 6.07) is 0. The lowest BCUT2D eigenvalue weighted by molar-refractivity contribution is -0.139. The predicted molar refractivity (Wildman–Crippen MR) is 51.8 cm³/mol. The van der Waals surface area contributed by atoms with E-state index in [1.54, 1.807) is 0 Å². The molecule has 3 nitrogen and oxygen atoms in total. The Kier molecular flexibility index (Phi) is 2.35. The minimum absolute atomic E-state index is 0.143. The van der Waals surface area contributed by atoms with Gasteiger partial charge in [-0.3, -0.25) is 0 Å². The number of rotatable bonds is 3. The van der Waals surface area contributed by atoms with E-state index in [0.29, 0.717) is 18.6 Å². The van der Waals surface area contributed by atoms with Gasteiger partial charge >= 0.3 is 5.97 Å². The Morgan fingerprint density at radius 1 is 1.79 bits per heavy atom. The molecule has 1 saturated carbocycles. The quantitative estimate of drug-likeness (QED) is 0.391. The average molecular weight is 196 g/mol. The fraction of sp³-hybridized carbons (Fsp3) is 0.727. The Bertz CT molecular complexity index is 261. The van der Waals surface area contributed by atoms with E-state index in [1.807, 2.05) is 0 Å². The van der Waals surface area contributed by atoms with Crippen LogP contribution in [0.5, 0.6) is 0 Å². The highest BCUT2D eigenvalue weighted by Gasteiger charge is 2.60. The summed E-state index contributed by atoms with van der Waals surface area (Å²) in [5.41, 5.74) is -0.143. The molecule has 3 unspecified atom stereocenters. The predicted octanol–water partition coefficient (Wildman–Crippen LogP) is 1.67. The third kappa shape index (κ3) is 1.57. The number of hydrogen-bond acceptors (Lipinski definition) is 3. The van der Waals surface area contributed by atoms with E-state index >= 15 is 0 Å². The van der Waals surface area contributed by atoms with Crippen LogP contribution in [0.25, 0.3) is 0 Å². The van der Waals surface area contributed by atoms with Gasteiger partial charge < -0.3 is 9.47 Å². The number of esters is 1. The second kappa shape index (κ2) is 3.39. The van der Waals surface area contributed by atoms with Crippen molar-refractivity contribution in [2.45, 2.75) is 37.9 Å². The fourth-order valence-electron chi connectivity index (χ4n) is 2.37. The van der Waals surface area contributed by atoms with Crippen LogP contribution in [-0.4, -0.2) is 24.3 Å². The average Bonchev–Trinajstić information content (AvgIpc) is 2.91. The molecule has 0 amide bonds. The molecule has 2 rings (SSSR count). The van der Waals surface area contributed by atoms with E-state index in [1.165, 1.54) is 18.9 Å². The van der Waals surface area contributed by atoms with Gasteiger partial charge in [0, 0.05) is 6.08 Å². The van der Waals surface area contributed by atoms with Gasteiger partial charge in [0.05, 0.1) is 6.10 Å². The first kappa shape index (κ1) is 9.71. The minimum Gasteiger partial charge on any atom is -0.459 e. The van der Waals surface area contributed by atoms with Gasteiger partial charge in [0.15, 0.2) is 0 Å². The lowest BCUT2D eigenvalue weighted by Gasteiger charge is -2.20. The molecule has 3 atom stereocenters. The maximum atomic E-state index is 10.9. The van der Waals surface area contributed by atoms with Gasteiger partial charge in [-0.05, 0) is 25.2 Å². The molecule has 0 aromatic carbocycles. The van der Waals surface area contributed by atoms with E-state index in [0.717, 1.165) is 6.42 Å². The standard InChI is InChI=1S/C11H16O3/c1-3-9(12)13-7-11-6-4-5-8(2)10(11)14-11/h3,8,10H,1,4-7H2,2H3. The van der Waals surface area contributed by atoms with Gasteiger partial charge in [-0.1, -0.05) is 13.5 Å². The third-order valence-corrected chi connectivity index (χ3v) is 3.22. The molecule has 2 fully saturated rings. The summed E-state index contributed by atoms with van der Waals surface area (Å²) in [4.78, 5) is 10.9. The van der Waals surface area contributed by atoms with Crippen molar-refractivity contribution in [1.29, 1.82) is 0 Å². The molecule has 1 aliphatic carbocycles. The van der Waals surface area contributed by atoms with Gasteiger partial charge in [-0.2, -0.15) is 0 Å². The van der Waals surface area contributed by atoms with Crippen LogP contribution in [0.15, 0.2) is 12.7 Å². The molecule has 0 spiro atoms. The molecule has 0 bridgehead atoms. The molecule has 0 N–H and O–H groups in total. The van der Waals surface area contributed by atoms with Crippen LogP contribution in [0.3, 0.4) is 0 Å². The van der Waals surface area contributed by atoms with Crippen LogP contribution in [-0.2, 0) is 14.3 Å². The lowest BCUT2D eigenvalue weighted by atomic mass is 9.83. The van der Waals surface area contributed by atoms with Gasteiger partial charge in [-0.15, -0.1) is 0 Å². The topological polar surface area (TPSA) is 38.8 Å². The molecule has 2 aliphatic rings. The van der Waals surface area contributed by atoms with Crippen molar-refractivity contribution in [2.75, 3.05) is 6.61 Å². The molecular weight excluding hydrogens is 180 g/mol. The van der Waals surface area contributed by atoms with Gasteiger partial charge in [-0.25, -0.2) is 4.79 Å². The molecule has 1 heterocycles. The zero-order valence-corrected chi connectivity index (χ0v) is 8.49. The Labute approximate surface area is 84.1 Å². The van der Waals surface area contributed by atoms with Crippen molar-refractivity contribution < 1.29 is 14.3 Å². The van der Waals surface area contributed by atoms with Crippen molar-refractivity contribution in [3.8, 4) is 0 Å². The third-order valence-electron chi connectivity index (χ3n) is 3.22. The van der Waals surface area contributed by atoms with Crippen molar-refractivity contribution in [3.63, 3.8) is 0 Å². The number of fused-ring (bicyclic) bond motifs is 1. The summed E-state index contributed by atoms with van der Waals surface area (Å²) in [6.45, 7) is 5.95. The first-order valence-electron chi connectivity index (χ1n) is 5.15. The summed E-state index contributed by atoms with van der Waals surface area (Å²) in [5, 5.41) is 0. The van der Waals surface area contributed by atoms with Crippen molar-refractivity contribution in [1.82, 2.24) is 0 Å². The summed E-state index contributed by atoms with van der Waals surface area (Å²) >= 11 is 0. The molecule has 0 radical (unpaired) electrons. The van der Waals surface area contributed by atoms with Crippen molar-refractivity contribution in [2.24, 2.45) is 5.92 Å². The molecule has 14 heavy (non-hydrogen) atoms. The molecular formula is C11H16O3. The summed E-state index contributed by atoms with van der Waals surface area (Å²) in [6.07, 6.45) is 4.92. The number of epoxide rings is 1. The molecule has 1 saturated heterocycles. The molecule has 1 aliphatic heterocycles. The number of hydrogen-bond donors (Lipinski definition) is 0. The van der Waals surface area contributed by atoms with Crippen LogP contribution in [0.4, 0.5) is 0 Å². The van der Waals surface area contributed by atoms with E-state index in [2.05, 4.69) is 13.5 Å². The van der Waals surface area contributed by atoms with Crippen molar-refractivity contribution in [3.05, 3.63) is 12.7 Å². The minimum atomic E-state index is -0.355. The van der Waals surface area contributed by atoms with E-state index < -0.39 is 0 Å². The van der Waals surface area contributed by atoms with Gasteiger partial charge in [0.1, 0.15) is 12.2 Å². The van der Waals surface area contributed by atoms with Crippen LogP contribution in [0.1, 0.15) is 26.2 Å². The SMILES string of the molecule is C=CC(=O)OCC12CCCC(C)C1O2. The number of carbonyl (C=O) groups is 1. The zero-order chi connectivity index (χ0) is 10.2. The summed E-state index contributed by atoms with van der Waals surface area (Å²) < 4.78 is 10.7. The lowest BCUT2D eigenvalue weighted by Crippen LogP contribution is -2.30. The first-order valence-corrected chi connectivity index (χ1v) is 5.15. The maximum Gasteiger partial charge on any atom is 0.330 e. The van der Waals surface area contributed by atoms with Gasteiger partial charge in [0.2, 0.25) is 0 Å². The van der Waals surface area contributed by atoms with E-state index in [-0.39, 0.29) is 11.6 Å². The Balaban J connectivity index is 1.87. The number of carbonyl (C=O) groups excluding carboxylic acids is 1. The smallest absolute Gasteiger partial charge is 0.330 e. The van der Waals surface area contributed by atoms with Crippen LogP contribution >= 0.6 is 0 Å². The van der Waals surface area contributed by atoms with Crippen LogP contribution in [0, 0.1) is 5.92 Å². The van der Waals surface area contributed by atoms with Crippen LogP contribution < -0.4 is 0 Å². The zero-order valence-electron chi connectivity index (χ0n) is 8.49. The molecule has 0 aromatic heterocycles. The maximum absolute atomic E-state index is 10.9. The summed E-state index contributed by atoms with van der Waals surface area (Å²) in [7, 11) is 0. The molecule has 78 valence electrons. The highest BCUT2D eigenvalue weighted by atomic mass is 16.6. The Morgan fingerprint density at radius 3 is 3.29 bits per heavy atom. The van der Waals surface area contributed by atoms with Gasteiger partial charge in [0.25, 0.3) is 0 Å². The molecule has 0 aromatic rings. The summed E-state index contributed by atoms with van der Waals surface area (Å²) in [5.74, 6) is 0.248. The largest absolute Gasteiger partial charge is 0.459 e. The van der Waals surface area contributed by atoms with Crippen LogP contribution in [0.2, 0.25) is 0 Å². The van der Waals surface area contributed by atoms with E-state index in [9.17, 15) is 4.79 Å². The number of ether oxygens (including phenoxy) is 2. The fourth-order valence-corrected chi connectivity index (χ4v) is 2.37. The van der Waals surface area contributed by atoms with Crippen molar-refractivity contribution >= 4 is 5.97 Å². The van der Waals surface area contributed by atoms with E-state index in [4.69, 9.17) is 9.47 Å². The normalized spacial score (nSPS) is 39.8. The second-order valence-electron chi connectivity index (χ2n) is 4.28. The molecule has 3 heteroatoms. The highest BCUT2D eigenvalue weighted by molar-refractivity contribution is 5.81. The second-order valence-corrected chi connectivity index (χ2v) is 4.28. The monoisotopic (exact) mass is 196 g/mol.